The first-order valence-corrected chi connectivity index (χ1v) is 9.98. The maximum Gasteiger partial charge on any atom is 0.122 e. The van der Waals surface area contributed by atoms with Gasteiger partial charge in [-0.2, -0.15) is 0 Å². The second-order valence-corrected chi connectivity index (χ2v) is 6.72. The Labute approximate surface area is 162 Å². The van der Waals surface area contributed by atoms with Gasteiger partial charge in [-0.1, -0.05) is 26.7 Å². The van der Waals surface area contributed by atoms with Crippen LogP contribution in [0.4, 0.5) is 0 Å². The van der Waals surface area contributed by atoms with Gasteiger partial charge in [-0.3, -0.25) is 0 Å². The lowest BCUT2D eigenvalue weighted by Gasteiger charge is -2.16. The smallest absolute Gasteiger partial charge is 0.122 e. The van der Waals surface area contributed by atoms with Crippen LogP contribution in [-0.4, -0.2) is 23.4 Å². The third-order valence-electron chi connectivity index (χ3n) is 4.52. The molecule has 0 saturated heterocycles. The fourth-order valence-electron chi connectivity index (χ4n) is 3.35. The molecule has 0 amide bonds. The molecule has 0 fully saturated rings. The summed E-state index contributed by atoms with van der Waals surface area (Å²) in [5, 5.41) is 21.5. The molecule has 0 bridgehead atoms. The first kappa shape index (κ1) is 20.9. The van der Waals surface area contributed by atoms with E-state index < -0.39 is 0 Å². The van der Waals surface area contributed by atoms with E-state index in [9.17, 15) is 10.2 Å². The molecule has 27 heavy (non-hydrogen) atoms. The van der Waals surface area contributed by atoms with E-state index in [1.165, 1.54) is 0 Å². The number of rotatable bonds is 10. The normalized spacial score (nSPS) is 10.8. The van der Waals surface area contributed by atoms with Crippen molar-refractivity contribution in [1.29, 1.82) is 0 Å². The van der Waals surface area contributed by atoms with E-state index in [4.69, 9.17) is 9.47 Å². The van der Waals surface area contributed by atoms with Gasteiger partial charge in [-0.25, -0.2) is 0 Å². The SMILES string of the molecule is CCCc1cc(OCC)cc(Cc2cc(OCC)cc(CCC)c2O)c1O. The van der Waals surface area contributed by atoms with Crippen molar-refractivity contribution in [3.05, 3.63) is 46.5 Å². The van der Waals surface area contributed by atoms with Gasteiger partial charge in [0.1, 0.15) is 23.0 Å². The summed E-state index contributed by atoms with van der Waals surface area (Å²) in [4.78, 5) is 0. The van der Waals surface area contributed by atoms with E-state index in [-0.39, 0.29) is 0 Å². The maximum atomic E-state index is 10.7. The van der Waals surface area contributed by atoms with Crippen molar-refractivity contribution >= 4 is 0 Å². The molecule has 0 aliphatic rings. The molecule has 2 aromatic carbocycles. The fraction of sp³-hybridized carbons (Fsp3) is 0.478. The number of benzene rings is 2. The Hall–Kier alpha value is -2.36. The van der Waals surface area contributed by atoms with Crippen molar-refractivity contribution in [3.63, 3.8) is 0 Å². The topological polar surface area (TPSA) is 58.9 Å². The Kier molecular flexibility index (Phi) is 7.83. The summed E-state index contributed by atoms with van der Waals surface area (Å²) < 4.78 is 11.4. The second-order valence-electron chi connectivity index (χ2n) is 6.72. The first-order chi connectivity index (χ1) is 13.0. The van der Waals surface area contributed by atoms with Crippen molar-refractivity contribution in [2.45, 2.75) is 59.8 Å². The van der Waals surface area contributed by atoms with Gasteiger partial charge in [0.15, 0.2) is 0 Å². The molecule has 4 heteroatoms. The van der Waals surface area contributed by atoms with E-state index in [1.54, 1.807) is 0 Å². The molecule has 0 aliphatic carbocycles. The van der Waals surface area contributed by atoms with E-state index in [0.717, 1.165) is 59.4 Å². The standard InChI is InChI=1S/C23H32O4/c1-5-9-16-12-20(26-7-3)14-18(22(16)24)11-19-15-21(27-8-4)13-17(10-6-2)23(19)25/h12-15,24-25H,5-11H2,1-4H3. The Morgan fingerprint density at radius 2 is 1.00 bits per heavy atom. The van der Waals surface area contributed by atoms with Gasteiger partial charge >= 0.3 is 0 Å². The predicted octanol–water partition coefficient (Wildman–Crippen LogP) is 5.39. The Bertz CT molecular complexity index is 689. The molecular formula is C23H32O4. The van der Waals surface area contributed by atoms with Crippen molar-refractivity contribution in [2.24, 2.45) is 0 Å². The highest BCUT2D eigenvalue weighted by Gasteiger charge is 2.16. The molecule has 0 spiro atoms. The lowest BCUT2D eigenvalue weighted by molar-refractivity contribution is 0.337. The Balaban J connectivity index is 2.48. The summed E-state index contributed by atoms with van der Waals surface area (Å²) in [5.74, 6) is 2.09. The third kappa shape index (κ3) is 5.31. The van der Waals surface area contributed by atoms with Crippen LogP contribution in [0, 0.1) is 0 Å². The van der Waals surface area contributed by atoms with Crippen molar-refractivity contribution in [3.8, 4) is 23.0 Å². The van der Waals surface area contributed by atoms with E-state index >= 15 is 0 Å². The van der Waals surface area contributed by atoms with Crippen LogP contribution in [0.5, 0.6) is 23.0 Å². The summed E-state index contributed by atoms with van der Waals surface area (Å²) in [6.07, 6.45) is 3.87. The zero-order valence-corrected chi connectivity index (χ0v) is 17.0. The van der Waals surface area contributed by atoms with Crippen LogP contribution in [0.3, 0.4) is 0 Å². The van der Waals surface area contributed by atoms with Gasteiger partial charge in [-0.05, 0) is 62.1 Å². The van der Waals surface area contributed by atoms with Crippen LogP contribution in [0.25, 0.3) is 0 Å². The molecule has 2 N–H and O–H groups in total. The van der Waals surface area contributed by atoms with Crippen molar-refractivity contribution in [1.82, 2.24) is 0 Å². The summed E-state index contributed by atoms with van der Waals surface area (Å²) >= 11 is 0. The number of aromatic hydroxyl groups is 2. The molecule has 0 saturated carbocycles. The summed E-state index contributed by atoms with van der Waals surface area (Å²) in [5.41, 5.74) is 3.28. The molecular weight excluding hydrogens is 340 g/mol. The quantitative estimate of drug-likeness (QED) is 0.587. The monoisotopic (exact) mass is 372 g/mol. The van der Waals surface area contributed by atoms with Crippen LogP contribution in [0.2, 0.25) is 0 Å². The van der Waals surface area contributed by atoms with Crippen molar-refractivity contribution < 1.29 is 19.7 Å². The largest absolute Gasteiger partial charge is 0.507 e. The highest BCUT2D eigenvalue weighted by molar-refractivity contribution is 5.53. The predicted molar refractivity (Wildman–Crippen MR) is 109 cm³/mol. The van der Waals surface area contributed by atoms with E-state index in [2.05, 4.69) is 13.8 Å². The van der Waals surface area contributed by atoms with Crippen LogP contribution >= 0.6 is 0 Å². The lowest BCUT2D eigenvalue weighted by Crippen LogP contribution is -2.00. The molecule has 0 aromatic heterocycles. The molecule has 4 nitrogen and oxygen atoms in total. The molecule has 0 aliphatic heterocycles. The van der Waals surface area contributed by atoms with Crippen molar-refractivity contribution in [2.75, 3.05) is 13.2 Å². The third-order valence-corrected chi connectivity index (χ3v) is 4.52. The molecule has 0 atom stereocenters. The summed E-state index contributed by atoms with van der Waals surface area (Å²) in [6, 6.07) is 7.55. The van der Waals surface area contributed by atoms with Gasteiger partial charge in [0, 0.05) is 17.5 Å². The van der Waals surface area contributed by atoms with Crippen LogP contribution < -0.4 is 9.47 Å². The first-order valence-electron chi connectivity index (χ1n) is 9.98. The minimum atomic E-state index is 0.290. The fourth-order valence-corrected chi connectivity index (χ4v) is 3.35. The average Bonchev–Trinajstić information content (AvgIpc) is 2.63. The highest BCUT2D eigenvalue weighted by Crippen LogP contribution is 2.36. The van der Waals surface area contributed by atoms with Gasteiger partial charge in [-0.15, -0.1) is 0 Å². The second kappa shape index (κ2) is 10.1. The zero-order valence-electron chi connectivity index (χ0n) is 17.0. The average molecular weight is 373 g/mol. The molecule has 148 valence electrons. The minimum Gasteiger partial charge on any atom is -0.507 e. The Morgan fingerprint density at radius 3 is 1.33 bits per heavy atom. The van der Waals surface area contributed by atoms with E-state index in [1.807, 2.05) is 38.1 Å². The summed E-state index contributed by atoms with van der Waals surface area (Å²) in [7, 11) is 0. The summed E-state index contributed by atoms with van der Waals surface area (Å²) in [6.45, 7) is 9.20. The minimum absolute atomic E-state index is 0.290. The molecule has 0 unspecified atom stereocenters. The van der Waals surface area contributed by atoms with Gasteiger partial charge < -0.3 is 19.7 Å². The van der Waals surface area contributed by atoms with E-state index in [0.29, 0.717) is 31.1 Å². The van der Waals surface area contributed by atoms with Crippen LogP contribution in [0.15, 0.2) is 24.3 Å². The molecule has 0 radical (unpaired) electrons. The lowest BCUT2D eigenvalue weighted by atomic mass is 9.95. The number of phenols is 2. The van der Waals surface area contributed by atoms with Crippen LogP contribution in [0.1, 0.15) is 62.8 Å². The number of phenolic OH excluding ortho intramolecular Hbond substituents is 2. The number of hydrogen-bond donors (Lipinski definition) is 2. The van der Waals surface area contributed by atoms with Gasteiger partial charge in [0.05, 0.1) is 13.2 Å². The molecule has 0 heterocycles. The highest BCUT2D eigenvalue weighted by atomic mass is 16.5. The zero-order chi connectivity index (χ0) is 19.8. The number of aryl methyl sites for hydroxylation is 2. The molecule has 2 aromatic rings. The maximum absolute atomic E-state index is 10.7. The molecule has 2 rings (SSSR count). The Morgan fingerprint density at radius 1 is 0.630 bits per heavy atom. The van der Waals surface area contributed by atoms with Crippen LogP contribution in [-0.2, 0) is 19.3 Å². The number of hydrogen-bond acceptors (Lipinski definition) is 4. The van der Waals surface area contributed by atoms with Gasteiger partial charge in [0.25, 0.3) is 0 Å². The number of ether oxygens (including phenoxy) is 2. The van der Waals surface area contributed by atoms with Gasteiger partial charge in [0.2, 0.25) is 0 Å².